The van der Waals surface area contributed by atoms with Crippen molar-refractivity contribution in [2.24, 2.45) is 5.73 Å². The smallest absolute Gasteiger partial charge is 0.322 e. The number of hydrogen-bond acceptors (Lipinski definition) is 5. The number of nitrogens with two attached hydrogens (primary N) is 1. The Kier molecular flexibility index (Phi) is 3.84. The molecule has 0 amide bonds. The van der Waals surface area contributed by atoms with Crippen molar-refractivity contribution < 1.29 is 9.90 Å². The van der Waals surface area contributed by atoms with Crippen LogP contribution in [-0.2, 0) is 4.79 Å². The van der Waals surface area contributed by atoms with E-state index in [0.29, 0.717) is 6.42 Å². The summed E-state index contributed by atoms with van der Waals surface area (Å²) >= 11 is 4.74. The third kappa shape index (κ3) is 2.68. The van der Waals surface area contributed by atoms with Crippen molar-refractivity contribution in [3.05, 3.63) is 12.4 Å². The van der Waals surface area contributed by atoms with Crippen LogP contribution in [0.1, 0.15) is 6.42 Å². The van der Waals surface area contributed by atoms with Crippen LogP contribution < -0.4 is 11.1 Å². The first kappa shape index (κ1) is 10.9. The van der Waals surface area contributed by atoms with Crippen LogP contribution in [0.25, 0.3) is 0 Å². The van der Waals surface area contributed by atoms with Gasteiger partial charge in [-0.3, -0.25) is 4.79 Å². The van der Waals surface area contributed by atoms with E-state index in [4.69, 9.17) is 23.1 Å². The molecule has 1 heterocycles. The van der Waals surface area contributed by atoms with Gasteiger partial charge in [-0.05, 0) is 5.37 Å². The van der Waals surface area contributed by atoms with Crippen LogP contribution in [0.15, 0.2) is 12.4 Å². The van der Waals surface area contributed by atoms with Gasteiger partial charge in [0, 0.05) is 25.4 Å². The van der Waals surface area contributed by atoms with Crippen LogP contribution in [0, 0.1) is 0 Å². The van der Waals surface area contributed by atoms with Crippen LogP contribution >= 0.6 is 12.2 Å². The molecule has 0 bridgehead atoms. The summed E-state index contributed by atoms with van der Waals surface area (Å²) in [5, 5.41) is 13.3. The molecule has 0 fully saturated rings. The Morgan fingerprint density at radius 3 is 3.14 bits per heavy atom. The summed E-state index contributed by atoms with van der Waals surface area (Å²) in [6.07, 6.45) is 4.26. The molecule has 1 aliphatic rings. The molecule has 5 nitrogen and oxygen atoms in total. The Morgan fingerprint density at radius 1 is 1.86 bits per heavy atom. The molecule has 0 aliphatic carbocycles. The normalized spacial score (nSPS) is 21.8. The quantitative estimate of drug-likeness (QED) is 0.536. The summed E-state index contributed by atoms with van der Waals surface area (Å²) in [4.78, 5) is 12.4. The Labute approximate surface area is 87.6 Å². The van der Waals surface area contributed by atoms with E-state index in [1.807, 2.05) is 4.90 Å². The summed E-state index contributed by atoms with van der Waals surface area (Å²) < 4.78 is 0. The second kappa shape index (κ2) is 4.92. The Bertz CT molecular complexity index is 257. The van der Waals surface area contributed by atoms with Gasteiger partial charge in [-0.1, -0.05) is 12.2 Å². The number of nitrogens with zero attached hydrogens (tertiary/aromatic N) is 1. The summed E-state index contributed by atoms with van der Waals surface area (Å²) in [5.41, 5.74) is 5.42. The average molecular weight is 215 g/mol. The zero-order valence-electron chi connectivity index (χ0n) is 7.59. The van der Waals surface area contributed by atoms with Crippen molar-refractivity contribution in [1.29, 1.82) is 0 Å². The van der Waals surface area contributed by atoms with Crippen LogP contribution in [0.5, 0.6) is 0 Å². The molecule has 4 N–H and O–H groups in total. The van der Waals surface area contributed by atoms with Crippen molar-refractivity contribution in [3.8, 4) is 0 Å². The first-order valence-corrected chi connectivity index (χ1v) is 4.72. The first-order valence-electron chi connectivity index (χ1n) is 4.25. The van der Waals surface area contributed by atoms with Gasteiger partial charge in [-0.2, -0.15) is 0 Å². The molecule has 0 radical (unpaired) electrons. The molecule has 0 saturated carbocycles. The van der Waals surface area contributed by atoms with E-state index in [2.05, 4.69) is 5.32 Å². The fourth-order valence-corrected chi connectivity index (χ4v) is 1.42. The van der Waals surface area contributed by atoms with Crippen molar-refractivity contribution in [3.63, 3.8) is 0 Å². The van der Waals surface area contributed by atoms with Crippen LogP contribution in [0.3, 0.4) is 0 Å². The van der Waals surface area contributed by atoms with Gasteiger partial charge in [0.1, 0.15) is 12.2 Å². The number of carboxylic acids is 1. The van der Waals surface area contributed by atoms with Gasteiger partial charge in [0.2, 0.25) is 0 Å². The third-order valence-corrected chi connectivity index (χ3v) is 2.19. The van der Waals surface area contributed by atoms with Crippen LogP contribution in [0.4, 0.5) is 0 Å². The fraction of sp³-hybridized carbons (Fsp3) is 0.500. The average Bonchev–Trinajstić information content (AvgIpc) is 2.53. The molecule has 78 valence electrons. The molecule has 0 aromatic rings. The predicted molar refractivity (Wildman–Crippen MR) is 56.7 cm³/mol. The van der Waals surface area contributed by atoms with E-state index in [-0.39, 0.29) is 12.7 Å². The van der Waals surface area contributed by atoms with E-state index in [1.54, 1.807) is 17.8 Å². The number of hydrogen-bond donors (Lipinski definition) is 3. The molecule has 2 unspecified atom stereocenters. The Balaban J connectivity index is 2.46. The maximum atomic E-state index is 10.5. The Morgan fingerprint density at radius 2 is 2.57 bits per heavy atom. The number of thiocarbonyl (C=S) groups is 1. The molecule has 0 spiro atoms. The standard InChI is InChI=1S/C8H13N3O2S/c9-6(8(12)13)5-11-3-2-10-7(11)1-4-14/h2-4,6-7,10H,1,5,9H2,(H,12,13). The Hall–Kier alpha value is -1.14. The van der Waals surface area contributed by atoms with Gasteiger partial charge in [-0.25, -0.2) is 0 Å². The molecule has 1 rings (SSSR count). The first-order chi connectivity index (χ1) is 6.65. The lowest BCUT2D eigenvalue weighted by atomic mass is 10.2. The van der Waals surface area contributed by atoms with E-state index in [0.717, 1.165) is 0 Å². The number of nitrogens with one attached hydrogen (secondary N) is 1. The highest BCUT2D eigenvalue weighted by atomic mass is 32.1. The number of carboxylic acid groups (broad SMARTS) is 1. The van der Waals surface area contributed by atoms with Crippen molar-refractivity contribution in [2.75, 3.05) is 6.54 Å². The molecular formula is C8H13N3O2S. The highest BCUT2D eigenvalue weighted by molar-refractivity contribution is 7.78. The highest BCUT2D eigenvalue weighted by Crippen LogP contribution is 2.07. The lowest BCUT2D eigenvalue weighted by Gasteiger charge is -2.25. The summed E-state index contributed by atoms with van der Waals surface area (Å²) in [6, 6.07) is -0.868. The largest absolute Gasteiger partial charge is 0.480 e. The van der Waals surface area contributed by atoms with Gasteiger partial charge in [0.25, 0.3) is 0 Å². The number of aliphatic carboxylic acids is 1. The molecule has 0 aromatic carbocycles. The predicted octanol–water partition coefficient (Wildman–Crippen LogP) is -0.509. The number of rotatable bonds is 5. The van der Waals surface area contributed by atoms with Crippen LogP contribution in [-0.4, -0.2) is 40.1 Å². The maximum absolute atomic E-state index is 10.5. The van der Waals surface area contributed by atoms with Crippen molar-refractivity contribution in [2.45, 2.75) is 18.6 Å². The van der Waals surface area contributed by atoms with Gasteiger partial charge in [0.05, 0.1) is 0 Å². The summed E-state index contributed by atoms with van der Waals surface area (Å²) in [5.74, 6) is -0.994. The second-order valence-corrected chi connectivity index (χ2v) is 3.38. The monoisotopic (exact) mass is 215 g/mol. The van der Waals surface area contributed by atoms with Gasteiger partial charge in [-0.15, -0.1) is 0 Å². The lowest BCUT2D eigenvalue weighted by molar-refractivity contribution is -0.138. The lowest BCUT2D eigenvalue weighted by Crippen LogP contribution is -2.45. The maximum Gasteiger partial charge on any atom is 0.322 e. The SMILES string of the molecule is NC(CN1C=CNC1CC=S)C(=O)O. The minimum absolute atomic E-state index is 0.0397. The van der Waals surface area contributed by atoms with Gasteiger partial charge < -0.3 is 21.1 Å². The van der Waals surface area contributed by atoms with E-state index in [9.17, 15) is 4.79 Å². The molecule has 6 heteroatoms. The second-order valence-electron chi connectivity index (χ2n) is 3.04. The molecule has 2 atom stereocenters. The van der Waals surface area contributed by atoms with Gasteiger partial charge >= 0.3 is 5.97 Å². The van der Waals surface area contributed by atoms with Gasteiger partial charge in [0.15, 0.2) is 0 Å². The fourth-order valence-electron chi connectivity index (χ4n) is 1.24. The third-order valence-electron chi connectivity index (χ3n) is 2.00. The summed E-state index contributed by atoms with van der Waals surface area (Å²) in [6.45, 7) is 0.284. The molecule has 1 aliphatic heterocycles. The highest BCUT2D eigenvalue weighted by Gasteiger charge is 2.22. The number of carbonyl (C=O) groups is 1. The van der Waals surface area contributed by atoms with E-state index in [1.165, 1.54) is 0 Å². The van der Waals surface area contributed by atoms with Crippen molar-refractivity contribution >= 4 is 23.6 Å². The van der Waals surface area contributed by atoms with E-state index >= 15 is 0 Å². The zero-order chi connectivity index (χ0) is 10.6. The van der Waals surface area contributed by atoms with Crippen LogP contribution in [0.2, 0.25) is 0 Å². The topological polar surface area (TPSA) is 78.6 Å². The molecule has 14 heavy (non-hydrogen) atoms. The molecule has 0 saturated heterocycles. The molecule has 0 aromatic heterocycles. The van der Waals surface area contributed by atoms with Crippen molar-refractivity contribution in [1.82, 2.24) is 10.2 Å². The minimum atomic E-state index is -0.994. The summed E-state index contributed by atoms with van der Waals surface area (Å²) in [7, 11) is 0. The molecular weight excluding hydrogens is 202 g/mol. The zero-order valence-corrected chi connectivity index (χ0v) is 8.41. The minimum Gasteiger partial charge on any atom is -0.480 e. The van der Waals surface area contributed by atoms with E-state index < -0.39 is 12.0 Å².